The van der Waals surface area contributed by atoms with Crippen molar-refractivity contribution in [2.45, 2.75) is 0 Å². The minimum absolute atomic E-state index is 0.940. The molecule has 3 heterocycles. The average Bonchev–Trinajstić information content (AvgIpc) is 2.98. The molecule has 0 bridgehead atoms. The number of hydrogen-bond acceptors (Lipinski definition) is 3. The third-order valence-corrected chi connectivity index (χ3v) is 6.21. The highest BCUT2D eigenvalue weighted by Gasteiger charge is 2.12. The first-order chi connectivity index (χ1) is 17.8. The summed E-state index contributed by atoms with van der Waals surface area (Å²) in [5.41, 5.74) is 10.5. The normalized spacial score (nSPS) is 10.8. The van der Waals surface area contributed by atoms with E-state index in [9.17, 15) is 0 Å². The van der Waals surface area contributed by atoms with Crippen molar-refractivity contribution in [3.8, 4) is 56.0 Å². The van der Waals surface area contributed by atoms with Crippen molar-refractivity contribution in [3.05, 3.63) is 140 Å². The third kappa shape index (κ3) is 4.55. The predicted octanol–water partition coefficient (Wildman–Crippen LogP) is 8.21. The summed E-state index contributed by atoms with van der Waals surface area (Å²) in [6, 6.07) is 41.8. The molecule has 3 aromatic heterocycles. The van der Waals surface area contributed by atoms with E-state index in [1.807, 2.05) is 61.1 Å². The number of pyridine rings is 3. The third-order valence-electron chi connectivity index (χ3n) is 6.21. The molecule has 3 aromatic carbocycles. The molecule has 0 amide bonds. The molecule has 0 aliphatic rings. The van der Waals surface area contributed by atoms with E-state index < -0.39 is 0 Å². The van der Waals surface area contributed by atoms with Crippen LogP contribution in [0.15, 0.2) is 140 Å². The summed E-state index contributed by atoms with van der Waals surface area (Å²) in [5, 5.41) is 0. The Hall–Kier alpha value is -4.89. The molecule has 0 saturated carbocycles. The average molecular weight is 462 g/mol. The fraction of sp³-hybridized carbons (Fsp3) is 0. The smallest absolute Gasteiger partial charge is 0.0715 e. The molecule has 6 rings (SSSR count). The zero-order valence-corrected chi connectivity index (χ0v) is 19.6. The van der Waals surface area contributed by atoms with E-state index in [1.165, 1.54) is 0 Å². The highest BCUT2D eigenvalue weighted by atomic mass is 14.7. The zero-order valence-electron chi connectivity index (χ0n) is 19.6. The van der Waals surface area contributed by atoms with E-state index >= 15 is 0 Å². The molecule has 0 aliphatic heterocycles. The first-order valence-electron chi connectivity index (χ1n) is 11.9. The Morgan fingerprint density at radius 1 is 0.333 bits per heavy atom. The van der Waals surface area contributed by atoms with Crippen LogP contribution in [-0.4, -0.2) is 15.0 Å². The van der Waals surface area contributed by atoms with Gasteiger partial charge in [-0.05, 0) is 76.9 Å². The molecule has 0 unspecified atom stereocenters. The maximum absolute atomic E-state index is 5.04. The van der Waals surface area contributed by atoms with Crippen molar-refractivity contribution >= 4 is 0 Å². The Morgan fingerprint density at radius 3 is 1.44 bits per heavy atom. The van der Waals surface area contributed by atoms with Gasteiger partial charge in [0.25, 0.3) is 0 Å². The largest absolute Gasteiger partial charge is 0.265 e. The second kappa shape index (κ2) is 9.77. The summed E-state index contributed by atoms with van der Waals surface area (Å²) in [4.78, 5) is 13.9. The number of benzene rings is 3. The minimum Gasteiger partial charge on any atom is -0.265 e. The van der Waals surface area contributed by atoms with Crippen LogP contribution < -0.4 is 0 Å². The van der Waals surface area contributed by atoms with Crippen LogP contribution >= 0.6 is 0 Å². The van der Waals surface area contributed by atoms with Crippen LogP contribution in [0.5, 0.6) is 0 Å². The lowest BCUT2D eigenvalue weighted by Crippen LogP contribution is -1.92. The highest BCUT2D eigenvalue weighted by molar-refractivity contribution is 5.83. The Balaban J connectivity index is 1.58. The Bertz CT molecular complexity index is 1360. The summed E-state index contributed by atoms with van der Waals surface area (Å²) < 4.78 is 0. The van der Waals surface area contributed by atoms with Crippen LogP contribution in [-0.2, 0) is 0 Å². The SMILES string of the molecule is c1ccc(-c2cc(-c3cc(-c4ccncc4)cc(-c4ccccn4)c3)cc(-c3ccccc3)n2)cc1. The Morgan fingerprint density at radius 2 is 0.861 bits per heavy atom. The summed E-state index contributed by atoms with van der Waals surface area (Å²) >= 11 is 0. The first-order valence-corrected chi connectivity index (χ1v) is 11.9. The van der Waals surface area contributed by atoms with E-state index in [1.54, 1.807) is 0 Å². The summed E-state index contributed by atoms with van der Waals surface area (Å²) in [5.74, 6) is 0. The number of nitrogens with zero attached hydrogens (tertiary/aromatic N) is 3. The van der Waals surface area contributed by atoms with E-state index in [4.69, 9.17) is 4.98 Å². The van der Waals surface area contributed by atoms with Gasteiger partial charge in [0.1, 0.15) is 0 Å². The molecule has 3 heteroatoms. The van der Waals surface area contributed by atoms with Gasteiger partial charge >= 0.3 is 0 Å². The molecule has 0 radical (unpaired) electrons. The van der Waals surface area contributed by atoms with Crippen molar-refractivity contribution in [1.82, 2.24) is 15.0 Å². The van der Waals surface area contributed by atoms with Gasteiger partial charge in [-0.15, -0.1) is 0 Å². The lowest BCUT2D eigenvalue weighted by atomic mass is 9.94. The second-order valence-corrected chi connectivity index (χ2v) is 8.61. The van der Waals surface area contributed by atoms with Crippen molar-refractivity contribution in [1.29, 1.82) is 0 Å². The molecule has 170 valence electrons. The predicted molar refractivity (Wildman–Crippen MR) is 147 cm³/mol. The quantitative estimate of drug-likeness (QED) is 0.260. The molecular weight excluding hydrogens is 438 g/mol. The summed E-state index contributed by atoms with van der Waals surface area (Å²) in [6.45, 7) is 0. The Kier molecular flexibility index (Phi) is 5.87. The topological polar surface area (TPSA) is 38.7 Å². The van der Waals surface area contributed by atoms with Crippen molar-refractivity contribution < 1.29 is 0 Å². The van der Waals surface area contributed by atoms with Crippen molar-refractivity contribution in [2.24, 2.45) is 0 Å². The second-order valence-electron chi connectivity index (χ2n) is 8.61. The van der Waals surface area contributed by atoms with Crippen LogP contribution in [0.4, 0.5) is 0 Å². The van der Waals surface area contributed by atoms with E-state index in [2.05, 4.69) is 88.8 Å². The van der Waals surface area contributed by atoms with Crippen LogP contribution in [0, 0.1) is 0 Å². The maximum Gasteiger partial charge on any atom is 0.0715 e. The number of rotatable bonds is 5. The molecule has 36 heavy (non-hydrogen) atoms. The lowest BCUT2D eigenvalue weighted by Gasteiger charge is -2.13. The maximum atomic E-state index is 5.04. The minimum atomic E-state index is 0.940. The molecule has 3 nitrogen and oxygen atoms in total. The van der Waals surface area contributed by atoms with E-state index in [0.717, 1.165) is 56.0 Å². The first kappa shape index (κ1) is 21.6. The number of hydrogen-bond donors (Lipinski definition) is 0. The molecule has 0 N–H and O–H groups in total. The summed E-state index contributed by atoms with van der Waals surface area (Å²) in [7, 11) is 0. The van der Waals surface area contributed by atoms with Crippen LogP contribution in [0.2, 0.25) is 0 Å². The molecular formula is C33H23N3. The van der Waals surface area contributed by atoms with Gasteiger partial charge in [0, 0.05) is 35.3 Å². The van der Waals surface area contributed by atoms with Gasteiger partial charge in [-0.25, -0.2) is 4.98 Å². The molecule has 0 aliphatic carbocycles. The molecule has 6 aromatic rings. The van der Waals surface area contributed by atoms with Crippen LogP contribution in [0.1, 0.15) is 0 Å². The van der Waals surface area contributed by atoms with Crippen LogP contribution in [0.25, 0.3) is 56.0 Å². The zero-order chi connectivity index (χ0) is 24.2. The fourth-order valence-electron chi connectivity index (χ4n) is 4.40. The summed E-state index contributed by atoms with van der Waals surface area (Å²) in [6.07, 6.45) is 5.49. The van der Waals surface area contributed by atoms with Gasteiger partial charge in [-0.2, -0.15) is 0 Å². The van der Waals surface area contributed by atoms with Gasteiger partial charge in [0.2, 0.25) is 0 Å². The standard InChI is InChI=1S/C33H23N3/c1-3-9-25(10-4-1)32-22-29(23-33(36-32)26-11-5-2-6-12-26)28-19-27(24-14-17-34-18-15-24)20-30(21-28)31-13-7-8-16-35-31/h1-23H. The van der Waals surface area contributed by atoms with Gasteiger partial charge in [0.15, 0.2) is 0 Å². The highest BCUT2D eigenvalue weighted by Crippen LogP contribution is 2.35. The van der Waals surface area contributed by atoms with Gasteiger partial charge in [0.05, 0.1) is 17.1 Å². The van der Waals surface area contributed by atoms with E-state index in [-0.39, 0.29) is 0 Å². The lowest BCUT2D eigenvalue weighted by molar-refractivity contribution is 1.31. The van der Waals surface area contributed by atoms with Crippen molar-refractivity contribution in [3.63, 3.8) is 0 Å². The van der Waals surface area contributed by atoms with Gasteiger partial charge < -0.3 is 0 Å². The molecule has 0 spiro atoms. The monoisotopic (exact) mass is 461 g/mol. The Labute approximate surface area is 210 Å². The van der Waals surface area contributed by atoms with Gasteiger partial charge in [-0.3, -0.25) is 9.97 Å². The van der Waals surface area contributed by atoms with Crippen LogP contribution in [0.3, 0.4) is 0 Å². The van der Waals surface area contributed by atoms with Gasteiger partial charge in [-0.1, -0.05) is 66.7 Å². The molecule has 0 fully saturated rings. The number of aromatic nitrogens is 3. The fourth-order valence-corrected chi connectivity index (χ4v) is 4.40. The van der Waals surface area contributed by atoms with E-state index in [0.29, 0.717) is 0 Å². The molecule has 0 atom stereocenters. The van der Waals surface area contributed by atoms with Crippen molar-refractivity contribution in [2.75, 3.05) is 0 Å². The molecule has 0 saturated heterocycles.